The second-order valence-corrected chi connectivity index (χ2v) is 5.90. The molecule has 1 aromatic carbocycles. The number of hydrogen-bond donors (Lipinski definition) is 1. The molecule has 3 rings (SSSR count). The molecule has 0 unspecified atom stereocenters. The predicted octanol–water partition coefficient (Wildman–Crippen LogP) is 5.23. The van der Waals surface area contributed by atoms with E-state index in [-0.39, 0.29) is 0 Å². The highest BCUT2D eigenvalue weighted by Gasteiger charge is 2.30. The van der Waals surface area contributed by atoms with Gasteiger partial charge in [-0.05, 0) is 49.3 Å². The fraction of sp³-hybridized carbons (Fsp3) is 0.333. The zero-order valence-electron chi connectivity index (χ0n) is 13.1. The van der Waals surface area contributed by atoms with Gasteiger partial charge in [-0.15, -0.1) is 0 Å². The minimum atomic E-state index is -4.37. The van der Waals surface area contributed by atoms with Gasteiger partial charge in [0.1, 0.15) is 5.82 Å². The quantitative estimate of drug-likeness (QED) is 0.781. The van der Waals surface area contributed by atoms with Gasteiger partial charge in [-0.25, -0.2) is 4.98 Å². The number of nitrogens with zero attached hydrogens (tertiary/aromatic N) is 2. The number of nitrogens with one attached hydrogen (secondary N) is 1. The summed E-state index contributed by atoms with van der Waals surface area (Å²) in [4.78, 5) is 3.75. The number of hydrogen-bond acceptors (Lipinski definition) is 3. The SMILES string of the molecule is FC(F)(F)c1ccc(NN=C2CCC(c3ccccc3)CC2)nc1. The molecule has 1 saturated carbocycles. The van der Waals surface area contributed by atoms with Crippen molar-refractivity contribution in [2.75, 3.05) is 5.43 Å². The Morgan fingerprint density at radius 2 is 1.71 bits per heavy atom. The number of aromatic nitrogens is 1. The molecule has 126 valence electrons. The molecular weight excluding hydrogens is 315 g/mol. The summed E-state index contributed by atoms with van der Waals surface area (Å²) in [6.07, 6.45) is 0.276. The second-order valence-electron chi connectivity index (χ2n) is 5.90. The van der Waals surface area contributed by atoms with E-state index in [4.69, 9.17) is 0 Å². The summed E-state index contributed by atoms with van der Waals surface area (Å²) in [5, 5.41) is 4.30. The van der Waals surface area contributed by atoms with Crippen LogP contribution in [0.2, 0.25) is 0 Å². The van der Waals surface area contributed by atoms with E-state index < -0.39 is 11.7 Å². The van der Waals surface area contributed by atoms with Gasteiger partial charge in [-0.2, -0.15) is 18.3 Å². The van der Waals surface area contributed by atoms with Gasteiger partial charge < -0.3 is 0 Å². The van der Waals surface area contributed by atoms with E-state index in [0.717, 1.165) is 43.7 Å². The smallest absolute Gasteiger partial charge is 0.261 e. The number of pyridine rings is 1. The van der Waals surface area contributed by atoms with E-state index in [1.807, 2.05) is 6.07 Å². The van der Waals surface area contributed by atoms with E-state index in [9.17, 15) is 13.2 Å². The Kier molecular flexibility index (Phi) is 4.83. The van der Waals surface area contributed by atoms with Crippen molar-refractivity contribution >= 4 is 11.5 Å². The average Bonchev–Trinajstić information content (AvgIpc) is 2.61. The molecule has 6 heteroatoms. The molecule has 24 heavy (non-hydrogen) atoms. The van der Waals surface area contributed by atoms with Crippen molar-refractivity contribution in [3.8, 4) is 0 Å². The highest BCUT2D eigenvalue weighted by atomic mass is 19.4. The molecule has 0 aliphatic heterocycles. The van der Waals surface area contributed by atoms with Gasteiger partial charge in [0.2, 0.25) is 0 Å². The van der Waals surface area contributed by atoms with Crippen LogP contribution in [0.5, 0.6) is 0 Å². The topological polar surface area (TPSA) is 37.3 Å². The highest BCUT2D eigenvalue weighted by Crippen LogP contribution is 2.31. The molecule has 1 fully saturated rings. The van der Waals surface area contributed by atoms with E-state index in [2.05, 4.69) is 39.8 Å². The zero-order valence-corrected chi connectivity index (χ0v) is 13.1. The third-order valence-corrected chi connectivity index (χ3v) is 4.25. The van der Waals surface area contributed by atoms with Crippen LogP contribution in [0.3, 0.4) is 0 Å². The number of alkyl halides is 3. The Balaban J connectivity index is 1.55. The standard InChI is InChI=1S/C18H18F3N3/c19-18(20,21)15-8-11-17(22-12-15)24-23-16-9-6-14(7-10-16)13-4-2-1-3-5-13/h1-5,8,11-12,14H,6-7,9-10H2,(H,22,24). The van der Waals surface area contributed by atoms with Crippen molar-refractivity contribution in [1.29, 1.82) is 0 Å². The Labute approximate surface area is 138 Å². The summed E-state index contributed by atoms with van der Waals surface area (Å²) in [7, 11) is 0. The minimum absolute atomic E-state index is 0.320. The molecule has 1 aromatic heterocycles. The van der Waals surface area contributed by atoms with Crippen LogP contribution in [-0.4, -0.2) is 10.7 Å². The zero-order chi connectivity index (χ0) is 17.0. The molecule has 3 nitrogen and oxygen atoms in total. The first-order chi connectivity index (χ1) is 11.5. The molecule has 1 heterocycles. The van der Waals surface area contributed by atoms with Gasteiger partial charge >= 0.3 is 6.18 Å². The summed E-state index contributed by atoms with van der Waals surface area (Å²) in [6.45, 7) is 0. The van der Waals surface area contributed by atoms with Crippen LogP contribution in [0.25, 0.3) is 0 Å². The maximum absolute atomic E-state index is 12.5. The van der Waals surface area contributed by atoms with Gasteiger partial charge in [0.05, 0.1) is 5.56 Å². The molecule has 0 amide bonds. The lowest BCUT2D eigenvalue weighted by molar-refractivity contribution is -0.137. The van der Waals surface area contributed by atoms with Crippen molar-refractivity contribution < 1.29 is 13.2 Å². The Morgan fingerprint density at radius 1 is 1.00 bits per heavy atom. The van der Waals surface area contributed by atoms with E-state index in [1.54, 1.807) is 0 Å². The average molecular weight is 333 g/mol. The normalized spacial score (nSPS) is 18.3. The fourth-order valence-electron chi connectivity index (χ4n) is 2.89. The van der Waals surface area contributed by atoms with Crippen molar-refractivity contribution in [2.45, 2.75) is 37.8 Å². The Hall–Kier alpha value is -2.37. The van der Waals surface area contributed by atoms with Crippen LogP contribution in [0.15, 0.2) is 53.8 Å². The third-order valence-electron chi connectivity index (χ3n) is 4.25. The lowest BCUT2D eigenvalue weighted by Crippen LogP contribution is -2.14. The lowest BCUT2D eigenvalue weighted by atomic mass is 9.83. The lowest BCUT2D eigenvalue weighted by Gasteiger charge is -2.23. The molecule has 1 N–H and O–H groups in total. The number of rotatable bonds is 3. The first kappa shape index (κ1) is 16.5. The van der Waals surface area contributed by atoms with E-state index >= 15 is 0 Å². The first-order valence-corrected chi connectivity index (χ1v) is 7.92. The van der Waals surface area contributed by atoms with E-state index in [0.29, 0.717) is 11.7 Å². The van der Waals surface area contributed by atoms with Crippen molar-refractivity contribution in [3.63, 3.8) is 0 Å². The highest BCUT2D eigenvalue weighted by molar-refractivity contribution is 5.85. The Bertz CT molecular complexity index is 684. The molecule has 1 aliphatic rings. The van der Waals surface area contributed by atoms with Crippen LogP contribution in [0.4, 0.5) is 19.0 Å². The second kappa shape index (κ2) is 7.03. The molecule has 0 spiro atoms. The van der Waals surface area contributed by atoms with Crippen LogP contribution < -0.4 is 5.43 Å². The summed E-state index contributed by atoms with van der Waals surface area (Å²) in [6, 6.07) is 12.7. The van der Waals surface area contributed by atoms with Gasteiger partial charge in [0, 0.05) is 11.9 Å². The van der Waals surface area contributed by atoms with Gasteiger partial charge in [0.25, 0.3) is 0 Å². The van der Waals surface area contributed by atoms with Crippen molar-refractivity contribution in [3.05, 3.63) is 59.8 Å². The molecule has 0 radical (unpaired) electrons. The van der Waals surface area contributed by atoms with Crippen LogP contribution in [0, 0.1) is 0 Å². The number of hydrazone groups is 1. The third kappa shape index (κ3) is 4.13. The fourth-order valence-corrected chi connectivity index (χ4v) is 2.89. The van der Waals surface area contributed by atoms with E-state index in [1.165, 1.54) is 11.6 Å². The van der Waals surface area contributed by atoms with Crippen molar-refractivity contribution in [2.24, 2.45) is 5.10 Å². The van der Waals surface area contributed by atoms with Crippen LogP contribution >= 0.6 is 0 Å². The summed E-state index contributed by atoms with van der Waals surface area (Å²) in [5.74, 6) is 0.870. The molecule has 2 aromatic rings. The van der Waals surface area contributed by atoms with Gasteiger partial charge in [-0.1, -0.05) is 30.3 Å². The predicted molar refractivity (Wildman–Crippen MR) is 87.9 cm³/mol. The number of benzene rings is 1. The van der Waals surface area contributed by atoms with Crippen LogP contribution in [-0.2, 0) is 6.18 Å². The molecule has 0 saturated heterocycles. The molecule has 0 atom stereocenters. The minimum Gasteiger partial charge on any atom is -0.261 e. The molecule has 1 aliphatic carbocycles. The maximum Gasteiger partial charge on any atom is 0.417 e. The first-order valence-electron chi connectivity index (χ1n) is 7.92. The summed E-state index contributed by atoms with van der Waals surface area (Å²) < 4.78 is 37.5. The van der Waals surface area contributed by atoms with Crippen LogP contribution in [0.1, 0.15) is 42.7 Å². The largest absolute Gasteiger partial charge is 0.417 e. The van der Waals surface area contributed by atoms with Gasteiger partial charge in [-0.3, -0.25) is 5.43 Å². The molecular formula is C18H18F3N3. The number of anilines is 1. The molecule has 0 bridgehead atoms. The monoisotopic (exact) mass is 333 g/mol. The van der Waals surface area contributed by atoms with Gasteiger partial charge in [0.15, 0.2) is 0 Å². The Morgan fingerprint density at radius 3 is 2.29 bits per heavy atom. The van der Waals surface area contributed by atoms with Crippen molar-refractivity contribution in [1.82, 2.24) is 4.98 Å². The maximum atomic E-state index is 12.5. The summed E-state index contributed by atoms with van der Waals surface area (Å²) in [5.41, 5.74) is 4.38. The number of halogens is 3. The summed E-state index contributed by atoms with van der Waals surface area (Å²) >= 11 is 0.